The average Bonchev–Trinajstić information content (AvgIpc) is 3.49. The second-order valence-corrected chi connectivity index (χ2v) is 8.60. The van der Waals surface area contributed by atoms with E-state index in [0.29, 0.717) is 22.1 Å². The van der Waals surface area contributed by atoms with E-state index in [4.69, 9.17) is 8.83 Å². The Balaban J connectivity index is 1.50. The fraction of sp³-hybridized carbons (Fsp3) is 0. The normalized spacial score (nSPS) is 11.3. The molecule has 0 bridgehead atoms. The lowest BCUT2D eigenvalue weighted by Gasteiger charge is -2.07. The zero-order valence-corrected chi connectivity index (χ0v) is 18.8. The lowest BCUT2D eigenvalue weighted by Crippen LogP contribution is -1.95. The second-order valence-electron chi connectivity index (χ2n) is 8.60. The number of pyridine rings is 1. The zero-order chi connectivity index (χ0) is 24.2. The molecule has 0 saturated carbocycles. The summed E-state index contributed by atoms with van der Waals surface area (Å²) in [6.07, 6.45) is 0. The number of nitrogens with zero attached hydrogens (tertiary/aromatic N) is 3. The van der Waals surface area contributed by atoms with E-state index in [-0.39, 0.29) is 11.4 Å². The van der Waals surface area contributed by atoms with E-state index in [9.17, 15) is 10.5 Å². The van der Waals surface area contributed by atoms with Gasteiger partial charge in [0, 0.05) is 21.7 Å². The van der Waals surface area contributed by atoms with Gasteiger partial charge < -0.3 is 8.83 Å². The van der Waals surface area contributed by atoms with E-state index in [1.54, 1.807) is 0 Å². The van der Waals surface area contributed by atoms with Gasteiger partial charge in [-0.05, 0) is 47.0 Å². The van der Waals surface area contributed by atoms with E-state index in [0.717, 1.165) is 44.0 Å². The SMILES string of the molecule is N#Cc1nc2oc3ccc(-c4ccc5oc6ccccc6c5c4)cc3c2c(C#N)c1-c1ccccc1. The zero-order valence-electron chi connectivity index (χ0n) is 18.8. The summed E-state index contributed by atoms with van der Waals surface area (Å²) >= 11 is 0. The Morgan fingerprint density at radius 3 is 2.00 bits per heavy atom. The molecule has 0 aliphatic heterocycles. The summed E-state index contributed by atoms with van der Waals surface area (Å²) < 4.78 is 12.0. The number of rotatable bonds is 2. The summed E-state index contributed by atoms with van der Waals surface area (Å²) in [6.45, 7) is 0. The Kier molecular flexibility index (Phi) is 4.21. The summed E-state index contributed by atoms with van der Waals surface area (Å²) in [5.74, 6) is 0. The van der Waals surface area contributed by atoms with Gasteiger partial charge >= 0.3 is 0 Å². The highest BCUT2D eigenvalue weighted by Crippen LogP contribution is 2.39. The molecule has 7 aromatic rings. The molecule has 0 aliphatic rings. The molecule has 166 valence electrons. The second kappa shape index (κ2) is 7.56. The first-order valence-electron chi connectivity index (χ1n) is 11.4. The van der Waals surface area contributed by atoms with Crippen molar-refractivity contribution in [1.29, 1.82) is 10.5 Å². The van der Waals surface area contributed by atoms with Gasteiger partial charge in [-0.15, -0.1) is 0 Å². The van der Waals surface area contributed by atoms with E-state index >= 15 is 0 Å². The summed E-state index contributed by atoms with van der Waals surface area (Å²) in [4.78, 5) is 4.50. The molecule has 0 atom stereocenters. The van der Waals surface area contributed by atoms with Gasteiger partial charge in [0.25, 0.3) is 0 Å². The maximum atomic E-state index is 10.2. The van der Waals surface area contributed by atoms with Crippen LogP contribution in [0.2, 0.25) is 0 Å². The van der Waals surface area contributed by atoms with Gasteiger partial charge in [-0.3, -0.25) is 0 Å². The van der Waals surface area contributed by atoms with Crippen molar-refractivity contribution >= 4 is 44.0 Å². The monoisotopic (exact) mass is 461 g/mol. The van der Waals surface area contributed by atoms with E-state index in [2.05, 4.69) is 29.3 Å². The number of nitriles is 2. The highest BCUT2D eigenvalue weighted by atomic mass is 16.3. The highest BCUT2D eigenvalue weighted by Gasteiger charge is 2.22. The number of fused-ring (bicyclic) bond motifs is 6. The van der Waals surface area contributed by atoms with Crippen molar-refractivity contribution in [3.63, 3.8) is 0 Å². The number of furan rings is 2. The number of hydrogen-bond acceptors (Lipinski definition) is 5. The molecular formula is C31H15N3O2. The predicted molar refractivity (Wildman–Crippen MR) is 139 cm³/mol. The Morgan fingerprint density at radius 2 is 1.25 bits per heavy atom. The molecule has 0 amide bonds. The molecule has 5 nitrogen and oxygen atoms in total. The van der Waals surface area contributed by atoms with Crippen molar-refractivity contribution in [2.24, 2.45) is 0 Å². The van der Waals surface area contributed by atoms with Crippen molar-refractivity contribution in [2.75, 3.05) is 0 Å². The molecular weight excluding hydrogens is 446 g/mol. The first-order valence-corrected chi connectivity index (χ1v) is 11.4. The molecule has 7 rings (SSSR count). The Labute approximate surface area is 205 Å². The van der Waals surface area contributed by atoms with Gasteiger partial charge in [0.2, 0.25) is 5.71 Å². The van der Waals surface area contributed by atoms with Crippen LogP contribution in [0, 0.1) is 22.7 Å². The van der Waals surface area contributed by atoms with Crippen molar-refractivity contribution in [2.45, 2.75) is 0 Å². The molecule has 36 heavy (non-hydrogen) atoms. The summed E-state index contributed by atoms with van der Waals surface area (Å²) in [5.41, 5.74) is 6.43. The maximum Gasteiger partial charge on any atom is 0.229 e. The first-order chi connectivity index (χ1) is 17.7. The summed E-state index contributed by atoms with van der Waals surface area (Å²) in [7, 11) is 0. The highest BCUT2D eigenvalue weighted by molar-refractivity contribution is 6.11. The Hall–Kier alpha value is -5.39. The fourth-order valence-electron chi connectivity index (χ4n) is 4.97. The van der Waals surface area contributed by atoms with Gasteiger partial charge in [-0.1, -0.05) is 60.7 Å². The molecule has 5 heteroatoms. The molecule has 0 saturated heterocycles. The topological polar surface area (TPSA) is 86.8 Å². The van der Waals surface area contributed by atoms with Crippen LogP contribution in [-0.2, 0) is 0 Å². The van der Waals surface area contributed by atoms with Crippen LogP contribution >= 0.6 is 0 Å². The molecule has 0 radical (unpaired) electrons. The smallest absolute Gasteiger partial charge is 0.229 e. The van der Waals surface area contributed by atoms with Gasteiger partial charge in [0.1, 0.15) is 28.9 Å². The molecule has 0 unspecified atom stereocenters. The third kappa shape index (κ3) is 2.84. The van der Waals surface area contributed by atoms with Crippen LogP contribution in [0.25, 0.3) is 66.3 Å². The van der Waals surface area contributed by atoms with Crippen LogP contribution in [0.1, 0.15) is 11.3 Å². The number of benzene rings is 4. The number of hydrogen-bond donors (Lipinski definition) is 0. The minimum Gasteiger partial charge on any atom is -0.456 e. The molecule has 3 heterocycles. The fourth-order valence-corrected chi connectivity index (χ4v) is 4.97. The Morgan fingerprint density at radius 1 is 0.583 bits per heavy atom. The van der Waals surface area contributed by atoms with Crippen molar-refractivity contribution in [3.8, 4) is 34.4 Å². The average molecular weight is 461 g/mol. The van der Waals surface area contributed by atoms with Gasteiger partial charge in [-0.25, -0.2) is 4.98 Å². The molecule has 3 aromatic heterocycles. The van der Waals surface area contributed by atoms with Crippen LogP contribution in [-0.4, -0.2) is 4.98 Å². The lowest BCUT2D eigenvalue weighted by molar-refractivity contribution is 0.653. The molecule has 0 N–H and O–H groups in total. The van der Waals surface area contributed by atoms with Gasteiger partial charge in [-0.2, -0.15) is 10.5 Å². The van der Waals surface area contributed by atoms with Crippen LogP contribution < -0.4 is 0 Å². The first kappa shape index (κ1) is 20.0. The van der Waals surface area contributed by atoms with Gasteiger partial charge in [0.15, 0.2) is 5.69 Å². The quantitative estimate of drug-likeness (QED) is 0.261. The minimum atomic E-state index is 0.168. The van der Waals surface area contributed by atoms with Crippen LogP contribution in [0.5, 0.6) is 0 Å². The van der Waals surface area contributed by atoms with Crippen LogP contribution in [0.3, 0.4) is 0 Å². The minimum absolute atomic E-state index is 0.168. The summed E-state index contributed by atoms with van der Waals surface area (Å²) in [5, 5.41) is 23.5. The van der Waals surface area contributed by atoms with E-state index < -0.39 is 0 Å². The maximum absolute atomic E-state index is 10.2. The third-order valence-corrected chi connectivity index (χ3v) is 6.61. The molecule has 0 aliphatic carbocycles. The standard InChI is InChI=1S/C31H15N3O2/c32-16-24-29(18-6-2-1-3-7-18)25(17-33)34-31-30(24)23-15-20(11-13-28(23)36-31)19-10-12-27-22(14-19)21-8-4-5-9-26(21)35-27/h1-15H. The number of aromatic nitrogens is 1. The Bertz CT molecular complexity index is 2070. The third-order valence-electron chi connectivity index (χ3n) is 6.61. The summed E-state index contributed by atoms with van der Waals surface area (Å²) in [6, 6.07) is 33.9. The van der Waals surface area contributed by atoms with Crippen molar-refractivity contribution in [3.05, 3.63) is 102 Å². The van der Waals surface area contributed by atoms with Crippen LogP contribution in [0.4, 0.5) is 0 Å². The predicted octanol–water partition coefficient (Wildman–Crippen LogP) is 7.96. The van der Waals surface area contributed by atoms with Crippen molar-refractivity contribution in [1.82, 2.24) is 4.98 Å². The van der Waals surface area contributed by atoms with Gasteiger partial charge in [0.05, 0.1) is 10.9 Å². The largest absolute Gasteiger partial charge is 0.456 e. The number of para-hydroxylation sites is 1. The molecule has 4 aromatic carbocycles. The van der Waals surface area contributed by atoms with E-state index in [1.165, 1.54) is 0 Å². The van der Waals surface area contributed by atoms with E-state index in [1.807, 2.05) is 78.9 Å². The van der Waals surface area contributed by atoms with Crippen LogP contribution in [0.15, 0.2) is 99.8 Å². The molecule has 0 spiro atoms. The lowest BCUT2D eigenvalue weighted by atomic mass is 9.95. The van der Waals surface area contributed by atoms with Crippen molar-refractivity contribution < 1.29 is 8.83 Å². The molecule has 0 fully saturated rings.